The number of nitrogens with one attached hydrogen (secondary N) is 2. The van der Waals surface area contributed by atoms with Crippen LogP contribution in [-0.4, -0.2) is 54.1 Å². The fourth-order valence-electron chi connectivity index (χ4n) is 4.89. The largest absolute Gasteiger partial charge is 0.324 e. The van der Waals surface area contributed by atoms with Crippen LogP contribution in [0.3, 0.4) is 0 Å². The maximum absolute atomic E-state index is 13.2. The zero-order valence-electron chi connectivity index (χ0n) is 21.8. The van der Waals surface area contributed by atoms with Gasteiger partial charge in [-0.3, -0.25) is 4.79 Å². The van der Waals surface area contributed by atoms with Crippen molar-refractivity contribution < 1.29 is 4.21 Å². The van der Waals surface area contributed by atoms with Crippen molar-refractivity contribution in [2.45, 2.75) is 32.2 Å². The SMILES string of the molecule is C=CCn1c(=O)c2cnc(Nc3ccc(C4CCNCC4)c(C)c3)nc2n1-c1cccc(N=S(C)(C)=O)n1. The number of anilines is 2. The van der Waals surface area contributed by atoms with Crippen LogP contribution in [0.25, 0.3) is 16.9 Å². The Labute approximate surface area is 222 Å². The molecule has 4 aromatic rings. The lowest BCUT2D eigenvalue weighted by Gasteiger charge is -2.24. The normalized spacial score (nSPS) is 14.5. The number of allylic oxidation sites excluding steroid dienone is 1. The molecule has 0 aliphatic carbocycles. The van der Waals surface area contributed by atoms with Gasteiger partial charge in [0.25, 0.3) is 5.56 Å². The number of hydrogen-bond acceptors (Lipinski definition) is 8. The van der Waals surface area contributed by atoms with Crippen molar-refractivity contribution in [3.05, 3.63) is 76.7 Å². The van der Waals surface area contributed by atoms with Crippen molar-refractivity contribution >= 4 is 38.2 Å². The molecule has 1 aliphatic heterocycles. The third kappa shape index (κ3) is 5.39. The number of aromatic nitrogens is 5. The molecular weight excluding hydrogens is 500 g/mol. The lowest BCUT2D eigenvalue weighted by atomic mass is 9.87. The van der Waals surface area contributed by atoms with Crippen molar-refractivity contribution in [3.63, 3.8) is 0 Å². The van der Waals surface area contributed by atoms with Crippen molar-refractivity contribution in [2.75, 3.05) is 30.9 Å². The van der Waals surface area contributed by atoms with Gasteiger partial charge in [-0.2, -0.15) is 9.35 Å². The summed E-state index contributed by atoms with van der Waals surface area (Å²) in [5.41, 5.74) is 3.62. The molecule has 0 radical (unpaired) electrons. The third-order valence-electron chi connectivity index (χ3n) is 6.53. The lowest BCUT2D eigenvalue weighted by molar-refractivity contribution is 0.459. The van der Waals surface area contributed by atoms with Crippen LogP contribution in [0.5, 0.6) is 0 Å². The maximum atomic E-state index is 13.2. The summed E-state index contributed by atoms with van der Waals surface area (Å²) in [6.07, 6.45) is 8.54. The third-order valence-corrected chi connectivity index (χ3v) is 7.16. The molecule has 0 spiro atoms. The zero-order chi connectivity index (χ0) is 26.9. The Morgan fingerprint density at radius 1 is 1.21 bits per heavy atom. The molecule has 10 nitrogen and oxygen atoms in total. The lowest BCUT2D eigenvalue weighted by Crippen LogP contribution is -2.26. The predicted molar refractivity (Wildman–Crippen MR) is 153 cm³/mol. The summed E-state index contributed by atoms with van der Waals surface area (Å²) in [4.78, 5) is 26.9. The first kappa shape index (κ1) is 25.8. The van der Waals surface area contributed by atoms with E-state index in [1.807, 2.05) is 6.07 Å². The van der Waals surface area contributed by atoms with E-state index in [1.165, 1.54) is 22.0 Å². The summed E-state index contributed by atoms with van der Waals surface area (Å²) in [6, 6.07) is 11.5. The molecule has 0 saturated carbocycles. The van der Waals surface area contributed by atoms with Gasteiger partial charge in [-0.1, -0.05) is 18.2 Å². The Morgan fingerprint density at radius 2 is 2.00 bits per heavy atom. The van der Waals surface area contributed by atoms with Crippen LogP contribution in [0, 0.1) is 6.92 Å². The van der Waals surface area contributed by atoms with Crippen molar-refractivity contribution in [2.24, 2.45) is 4.36 Å². The second-order valence-corrected chi connectivity index (χ2v) is 12.3. The summed E-state index contributed by atoms with van der Waals surface area (Å²) >= 11 is 0. The molecule has 11 heteroatoms. The van der Waals surface area contributed by atoms with E-state index in [4.69, 9.17) is 4.98 Å². The molecule has 0 atom stereocenters. The van der Waals surface area contributed by atoms with Crippen LogP contribution in [0.2, 0.25) is 0 Å². The first-order chi connectivity index (χ1) is 18.2. The van der Waals surface area contributed by atoms with Crippen LogP contribution in [0.1, 0.15) is 29.9 Å². The second-order valence-electron chi connectivity index (χ2n) is 9.77. The molecule has 0 unspecified atom stereocenters. The zero-order valence-corrected chi connectivity index (χ0v) is 22.7. The molecule has 5 rings (SSSR count). The molecule has 198 valence electrons. The van der Waals surface area contributed by atoms with Gasteiger partial charge in [-0.25, -0.2) is 23.5 Å². The van der Waals surface area contributed by atoms with Crippen molar-refractivity contribution in [3.8, 4) is 5.82 Å². The number of piperidine rings is 1. The molecule has 0 bridgehead atoms. The van der Waals surface area contributed by atoms with Crippen molar-refractivity contribution in [1.82, 2.24) is 29.6 Å². The average molecular weight is 533 g/mol. The highest BCUT2D eigenvalue weighted by Crippen LogP contribution is 2.30. The molecule has 2 N–H and O–H groups in total. The van der Waals surface area contributed by atoms with Gasteiger partial charge in [-0.15, -0.1) is 6.58 Å². The van der Waals surface area contributed by atoms with E-state index in [9.17, 15) is 9.00 Å². The fourth-order valence-corrected chi connectivity index (χ4v) is 5.44. The average Bonchev–Trinajstić information content (AvgIpc) is 3.15. The monoisotopic (exact) mass is 532 g/mol. The van der Waals surface area contributed by atoms with E-state index in [-0.39, 0.29) is 12.1 Å². The number of nitrogens with zero attached hydrogens (tertiary/aromatic N) is 6. The number of rotatable bonds is 7. The Balaban J connectivity index is 1.55. The van der Waals surface area contributed by atoms with Crippen LogP contribution >= 0.6 is 0 Å². The Hall–Kier alpha value is -3.83. The van der Waals surface area contributed by atoms with E-state index in [2.05, 4.69) is 50.6 Å². The first-order valence-corrected chi connectivity index (χ1v) is 14.9. The molecule has 3 aromatic heterocycles. The highest BCUT2D eigenvalue weighted by Gasteiger charge is 2.19. The molecular formula is C27H32N8O2S. The van der Waals surface area contributed by atoms with E-state index in [1.54, 1.807) is 41.5 Å². The van der Waals surface area contributed by atoms with Crippen molar-refractivity contribution in [1.29, 1.82) is 0 Å². The van der Waals surface area contributed by atoms with Crippen LogP contribution in [0.4, 0.5) is 17.5 Å². The Bertz CT molecular complexity index is 1680. The number of benzene rings is 1. The minimum absolute atomic E-state index is 0.247. The van der Waals surface area contributed by atoms with E-state index >= 15 is 0 Å². The Kier molecular flexibility index (Phi) is 7.13. The van der Waals surface area contributed by atoms with Gasteiger partial charge in [0, 0.05) is 34.1 Å². The fraction of sp³-hybridized carbons (Fsp3) is 0.333. The quantitative estimate of drug-likeness (QED) is 0.345. The first-order valence-electron chi connectivity index (χ1n) is 12.6. The summed E-state index contributed by atoms with van der Waals surface area (Å²) in [7, 11) is -2.41. The summed E-state index contributed by atoms with van der Waals surface area (Å²) in [6.45, 7) is 8.27. The predicted octanol–water partition coefficient (Wildman–Crippen LogP) is 4.04. The van der Waals surface area contributed by atoms with Gasteiger partial charge < -0.3 is 10.6 Å². The van der Waals surface area contributed by atoms with Gasteiger partial charge in [0.1, 0.15) is 5.39 Å². The molecule has 1 saturated heterocycles. The molecule has 1 aromatic carbocycles. The highest BCUT2D eigenvalue weighted by molar-refractivity contribution is 7.92. The molecule has 38 heavy (non-hydrogen) atoms. The van der Waals surface area contributed by atoms with Gasteiger partial charge in [0.15, 0.2) is 17.3 Å². The summed E-state index contributed by atoms with van der Waals surface area (Å²) in [5, 5.41) is 7.07. The number of aryl methyl sites for hydroxylation is 1. The van der Waals surface area contributed by atoms with Gasteiger partial charge in [0.2, 0.25) is 5.95 Å². The van der Waals surface area contributed by atoms with E-state index < -0.39 is 9.73 Å². The molecule has 1 aliphatic rings. The van der Waals surface area contributed by atoms with E-state index in [0.29, 0.717) is 34.5 Å². The number of fused-ring (bicyclic) bond motifs is 1. The summed E-state index contributed by atoms with van der Waals surface area (Å²) in [5.74, 6) is 1.67. The minimum Gasteiger partial charge on any atom is -0.324 e. The smallest absolute Gasteiger partial charge is 0.278 e. The number of pyridine rings is 1. The highest BCUT2D eigenvalue weighted by atomic mass is 32.2. The summed E-state index contributed by atoms with van der Waals surface area (Å²) < 4.78 is 19.6. The van der Waals surface area contributed by atoms with Gasteiger partial charge in [-0.05, 0) is 74.2 Å². The van der Waals surface area contributed by atoms with Crippen LogP contribution < -0.4 is 16.2 Å². The van der Waals surface area contributed by atoms with Crippen LogP contribution in [-0.2, 0) is 16.3 Å². The van der Waals surface area contributed by atoms with Crippen LogP contribution in [0.15, 0.2) is 64.4 Å². The topological polar surface area (TPSA) is 119 Å². The molecule has 1 fully saturated rings. The molecule has 0 amide bonds. The van der Waals surface area contributed by atoms with Gasteiger partial charge in [0.05, 0.1) is 6.54 Å². The minimum atomic E-state index is -2.41. The van der Waals surface area contributed by atoms with E-state index in [0.717, 1.165) is 31.6 Å². The number of hydrogen-bond donors (Lipinski definition) is 2. The second kappa shape index (κ2) is 10.5. The molecule has 4 heterocycles. The Morgan fingerprint density at radius 3 is 2.71 bits per heavy atom. The standard InChI is InChI=1S/C27H32N8O2S/c1-5-15-34-26(36)22-17-29-27(30-20-9-10-21(18(2)16-20)19-11-13-28-14-12-19)32-25(22)35(34)24-8-6-7-23(31-24)33-38(3,4)37/h5-10,16-17,19,28H,1,11-15H2,2-4H3,(H,29,30,32). The van der Waals surface area contributed by atoms with Gasteiger partial charge >= 0.3 is 0 Å². The maximum Gasteiger partial charge on any atom is 0.278 e.